The van der Waals surface area contributed by atoms with Gasteiger partial charge in [-0.1, -0.05) is 6.58 Å². The van der Waals surface area contributed by atoms with Gasteiger partial charge >= 0.3 is 0 Å². The summed E-state index contributed by atoms with van der Waals surface area (Å²) in [5.41, 5.74) is 2.79. The third kappa shape index (κ3) is 5.94. The smallest absolute Gasteiger partial charge is 0.176 e. The predicted molar refractivity (Wildman–Crippen MR) is 140 cm³/mol. The highest BCUT2D eigenvalue weighted by Crippen LogP contribution is 2.34. The number of H-pyrrole nitrogens is 1. The van der Waals surface area contributed by atoms with Gasteiger partial charge in [-0.05, 0) is 51.1 Å². The summed E-state index contributed by atoms with van der Waals surface area (Å²) in [4.78, 5) is 7.41. The molecular weight excluding hydrogens is 465 g/mol. The fourth-order valence-electron chi connectivity index (χ4n) is 3.37. The minimum atomic E-state index is -0.315. The number of ether oxygens (including phenoxy) is 1. The molecule has 4 rings (SSSR count). The molecule has 1 aliphatic carbocycles. The zero-order valence-corrected chi connectivity index (χ0v) is 21.4. The van der Waals surface area contributed by atoms with Crippen molar-refractivity contribution in [2.75, 3.05) is 23.5 Å². The van der Waals surface area contributed by atoms with Gasteiger partial charge in [-0.25, -0.2) is 9.38 Å². The monoisotopic (exact) mass is 495 g/mol. The summed E-state index contributed by atoms with van der Waals surface area (Å²) in [5, 5.41) is 14.8. The van der Waals surface area contributed by atoms with Crippen LogP contribution in [-0.2, 0) is 11.8 Å². The van der Waals surface area contributed by atoms with Crippen LogP contribution in [0.5, 0.6) is 0 Å². The largest absolute Gasteiger partial charge is 0.486 e. The lowest BCUT2D eigenvalue weighted by molar-refractivity contribution is 0.209. The van der Waals surface area contributed by atoms with E-state index in [2.05, 4.69) is 27.2 Å². The van der Waals surface area contributed by atoms with Crippen LogP contribution in [0.4, 0.5) is 15.9 Å². The topological polar surface area (TPSA) is 83.4 Å². The maximum atomic E-state index is 14.8. The molecule has 10 heteroatoms. The van der Waals surface area contributed by atoms with Gasteiger partial charge in [-0.15, -0.1) is 11.8 Å². The molecule has 2 aromatic heterocycles. The van der Waals surface area contributed by atoms with Gasteiger partial charge in [0.15, 0.2) is 17.4 Å². The van der Waals surface area contributed by atoms with Crippen LogP contribution in [0.3, 0.4) is 0 Å². The van der Waals surface area contributed by atoms with Crippen molar-refractivity contribution in [2.24, 2.45) is 12.0 Å². The van der Waals surface area contributed by atoms with Crippen LogP contribution in [0, 0.1) is 12.7 Å². The van der Waals surface area contributed by atoms with Crippen molar-refractivity contribution >= 4 is 34.7 Å². The molecule has 2 N–H and O–H groups in total. The Bertz CT molecular complexity index is 1290. The molecule has 2 heterocycles. The van der Waals surface area contributed by atoms with Gasteiger partial charge in [0.2, 0.25) is 0 Å². The number of aryl methyl sites for hydroxylation is 2. The third-order valence-electron chi connectivity index (χ3n) is 5.58. The third-order valence-corrected chi connectivity index (χ3v) is 6.30. The Labute approximate surface area is 209 Å². The summed E-state index contributed by atoms with van der Waals surface area (Å²) in [6.45, 7) is 8.02. The van der Waals surface area contributed by atoms with Crippen LogP contribution in [-0.4, -0.2) is 45.2 Å². The molecule has 184 valence electrons. The highest BCUT2D eigenvalue weighted by atomic mass is 32.2. The van der Waals surface area contributed by atoms with Gasteiger partial charge in [-0.3, -0.25) is 9.78 Å². The van der Waals surface area contributed by atoms with Gasteiger partial charge in [0.1, 0.15) is 11.7 Å². The number of aromatic nitrogens is 4. The summed E-state index contributed by atoms with van der Waals surface area (Å²) in [6, 6.07) is 7.04. The maximum Gasteiger partial charge on any atom is 0.176 e. The van der Waals surface area contributed by atoms with Crippen LogP contribution in [0.25, 0.3) is 5.57 Å². The molecule has 3 aromatic rings. The normalized spacial score (nSPS) is 14.5. The number of anilines is 2. The van der Waals surface area contributed by atoms with Gasteiger partial charge in [0.25, 0.3) is 0 Å². The average Bonchev–Trinajstić information content (AvgIpc) is 3.41. The zero-order valence-electron chi connectivity index (χ0n) is 20.6. The molecule has 1 aliphatic rings. The SMILES string of the molecule is C=C(/C(OC1CC1)=C(\N=C(/C)N(C)c1ccc(SC)cc1F)Nc1cc(C)[nH]n1)c1cnn(C)c1. The van der Waals surface area contributed by atoms with E-state index in [1.54, 1.807) is 28.9 Å². The van der Waals surface area contributed by atoms with E-state index in [9.17, 15) is 4.39 Å². The second-order valence-electron chi connectivity index (χ2n) is 8.47. The quantitative estimate of drug-likeness (QED) is 0.137. The number of hydrogen-bond acceptors (Lipinski definition) is 6. The molecule has 0 bridgehead atoms. The first kappa shape index (κ1) is 24.6. The predicted octanol–water partition coefficient (Wildman–Crippen LogP) is 5.34. The Morgan fingerprint density at radius 2 is 2.14 bits per heavy atom. The molecule has 0 atom stereocenters. The van der Waals surface area contributed by atoms with Crippen LogP contribution in [0.2, 0.25) is 0 Å². The van der Waals surface area contributed by atoms with E-state index in [0.717, 1.165) is 29.0 Å². The number of aromatic amines is 1. The fraction of sp³-hybridized carbons (Fsp3) is 0.320. The van der Waals surface area contributed by atoms with Gasteiger partial charge in [0.05, 0.1) is 18.0 Å². The fourth-order valence-corrected chi connectivity index (χ4v) is 3.79. The summed E-state index contributed by atoms with van der Waals surface area (Å²) in [6.07, 6.45) is 7.56. The van der Waals surface area contributed by atoms with Crippen LogP contribution in [0.15, 0.2) is 64.7 Å². The second-order valence-corrected chi connectivity index (χ2v) is 9.35. The number of rotatable bonds is 9. The lowest BCUT2D eigenvalue weighted by Crippen LogP contribution is -2.25. The highest BCUT2D eigenvalue weighted by molar-refractivity contribution is 7.98. The lowest BCUT2D eigenvalue weighted by Gasteiger charge is -2.22. The summed E-state index contributed by atoms with van der Waals surface area (Å²) < 4.78 is 22.8. The van der Waals surface area contributed by atoms with Crippen molar-refractivity contribution in [1.82, 2.24) is 20.0 Å². The molecule has 0 spiro atoms. The van der Waals surface area contributed by atoms with E-state index in [4.69, 9.17) is 9.73 Å². The van der Waals surface area contributed by atoms with Crippen molar-refractivity contribution < 1.29 is 9.13 Å². The first-order valence-electron chi connectivity index (χ1n) is 11.3. The number of thioether (sulfide) groups is 1. The maximum absolute atomic E-state index is 14.8. The molecule has 1 aromatic carbocycles. The van der Waals surface area contributed by atoms with Crippen molar-refractivity contribution in [3.05, 3.63) is 71.9 Å². The second kappa shape index (κ2) is 10.4. The molecule has 0 amide bonds. The minimum Gasteiger partial charge on any atom is -0.486 e. The Morgan fingerprint density at radius 3 is 2.71 bits per heavy atom. The minimum absolute atomic E-state index is 0.0981. The number of benzene rings is 1. The summed E-state index contributed by atoms with van der Waals surface area (Å²) >= 11 is 1.49. The van der Waals surface area contributed by atoms with E-state index in [1.165, 1.54) is 17.8 Å². The van der Waals surface area contributed by atoms with Crippen LogP contribution in [0.1, 0.15) is 31.0 Å². The van der Waals surface area contributed by atoms with E-state index in [-0.39, 0.29) is 11.9 Å². The number of halogens is 1. The van der Waals surface area contributed by atoms with Gasteiger partial charge in [0, 0.05) is 48.1 Å². The van der Waals surface area contributed by atoms with Crippen molar-refractivity contribution in [3.8, 4) is 0 Å². The molecule has 0 saturated heterocycles. The van der Waals surface area contributed by atoms with Crippen molar-refractivity contribution in [3.63, 3.8) is 0 Å². The van der Waals surface area contributed by atoms with E-state index < -0.39 is 0 Å². The number of nitrogens with zero attached hydrogens (tertiary/aromatic N) is 5. The Kier molecular flexibility index (Phi) is 7.30. The van der Waals surface area contributed by atoms with E-state index in [0.29, 0.717) is 34.5 Å². The molecule has 8 nitrogen and oxygen atoms in total. The Balaban J connectivity index is 1.77. The highest BCUT2D eigenvalue weighted by Gasteiger charge is 2.28. The standard InChI is InChI=1S/C25H30FN7OS/c1-15-11-23(31-30-15)29-25(24(34-19-7-8-19)16(2)18-13-27-32(4)14-18)28-17(3)33(5)22-10-9-20(35-6)12-21(22)26/h9-14,19H,2,7-8H2,1,3-6H3,(H2,29,30,31)/b25-24-,28-17+. The number of aliphatic imine (C=N–C) groups is 1. The molecular formula is C25H30FN7OS. The number of nitrogens with one attached hydrogen (secondary N) is 2. The van der Waals surface area contributed by atoms with Crippen LogP contribution >= 0.6 is 11.8 Å². The molecule has 1 saturated carbocycles. The number of allylic oxidation sites excluding steroid dienone is 1. The first-order valence-corrected chi connectivity index (χ1v) is 12.5. The van der Waals surface area contributed by atoms with E-state index >= 15 is 0 Å². The molecule has 0 radical (unpaired) electrons. The van der Waals surface area contributed by atoms with Crippen molar-refractivity contribution in [1.29, 1.82) is 0 Å². The number of hydrogen-bond donors (Lipinski definition) is 2. The Morgan fingerprint density at radius 1 is 1.37 bits per heavy atom. The van der Waals surface area contributed by atoms with Crippen molar-refractivity contribution in [2.45, 2.75) is 37.7 Å². The molecule has 0 aliphatic heterocycles. The lowest BCUT2D eigenvalue weighted by atomic mass is 10.1. The molecule has 1 fully saturated rings. The molecule has 0 unspecified atom stereocenters. The zero-order chi connectivity index (χ0) is 25.1. The summed E-state index contributed by atoms with van der Waals surface area (Å²) in [5.74, 6) is 1.77. The first-order chi connectivity index (χ1) is 16.7. The van der Waals surface area contributed by atoms with Gasteiger partial charge in [-0.2, -0.15) is 10.2 Å². The summed E-state index contributed by atoms with van der Waals surface area (Å²) in [7, 11) is 3.63. The number of amidine groups is 1. The molecule has 35 heavy (non-hydrogen) atoms. The van der Waals surface area contributed by atoms with E-state index in [1.807, 2.05) is 45.5 Å². The van der Waals surface area contributed by atoms with Gasteiger partial charge < -0.3 is 15.0 Å². The average molecular weight is 496 g/mol. The van der Waals surface area contributed by atoms with Crippen LogP contribution < -0.4 is 10.2 Å². The Hall–Kier alpha value is -3.53.